The fourth-order valence-corrected chi connectivity index (χ4v) is 2.43. The topological polar surface area (TPSA) is 84.7 Å². The minimum absolute atomic E-state index is 0.282. The van der Waals surface area contributed by atoms with Crippen LogP contribution in [0.5, 0.6) is 0 Å². The van der Waals surface area contributed by atoms with Gasteiger partial charge in [-0.05, 0) is 48.7 Å². The minimum atomic E-state index is -0.511. The van der Waals surface area contributed by atoms with Crippen LogP contribution in [0.4, 0.5) is 0 Å². The summed E-state index contributed by atoms with van der Waals surface area (Å²) in [6.45, 7) is 4.07. The monoisotopic (exact) mass is 306 g/mol. The van der Waals surface area contributed by atoms with E-state index in [1.54, 1.807) is 12.3 Å². The third kappa shape index (κ3) is 3.05. The van der Waals surface area contributed by atoms with E-state index in [2.05, 4.69) is 15.2 Å². The molecule has 0 spiro atoms. The van der Waals surface area contributed by atoms with Crippen molar-refractivity contribution >= 4 is 0 Å². The normalized spacial score (nSPS) is 12.1. The number of H-pyrrole nitrogens is 1. The molecule has 0 saturated heterocycles. The maximum Gasteiger partial charge on any atom is 0.269 e. The molecular formula is C18H18N4O. The van der Waals surface area contributed by atoms with Crippen molar-refractivity contribution in [3.05, 3.63) is 81.3 Å². The molecule has 0 fully saturated rings. The lowest BCUT2D eigenvalue weighted by Gasteiger charge is -2.14. The van der Waals surface area contributed by atoms with Crippen molar-refractivity contribution in [1.29, 1.82) is 0 Å². The van der Waals surface area contributed by atoms with Crippen molar-refractivity contribution in [3.63, 3.8) is 0 Å². The Morgan fingerprint density at radius 1 is 1.04 bits per heavy atom. The summed E-state index contributed by atoms with van der Waals surface area (Å²) in [5.74, 6) is 0. The van der Waals surface area contributed by atoms with Gasteiger partial charge in [0.2, 0.25) is 0 Å². The zero-order valence-corrected chi connectivity index (χ0v) is 13.1. The first-order valence-corrected chi connectivity index (χ1v) is 7.40. The number of nitrogens with one attached hydrogen (secondary N) is 1. The quantitative estimate of drug-likeness (QED) is 0.778. The highest BCUT2D eigenvalue weighted by Gasteiger charge is 2.15. The zero-order chi connectivity index (χ0) is 16.4. The number of nitrogens with zero attached hydrogens (tertiary/aromatic N) is 2. The average Bonchev–Trinajstić information content (AvgIpc) is 2.58. The highest BCUT2D eigenvalue weighted by Crippen LogP contribution is 2.22. The van der Waals surface area contributed by atoms with E-state index >= 15 is 0 Å². The highest BCUT2D eigenvalue weighted by molar-refractivity contribution is 5.54. The van der Waals surface area contributed by atoms with Crippen LogP contribution in [0.2, 0.25) is 0 Å². The van der Waals surface area contributed by atoms with Gasteiger partial charge in [0.25, 0.3) is 5.56 Å². The van der Waals surface area contributed by atoms with Crippen molar-refractivity contribution in [3.8, 4) is 11.4 Å². The van der Waals surface area contributed by atoms with Crippen LogP contribution in [0.25, 0.3) is 11.4 Å². The van der Waals surface area contributed by atoms with Gasteiger partial charge >= 0.3 is 0 Å². The van der Waals surface area contributed by atoms with Crippen molar-refractivity contribution in [2.45, 2.75) is 19.9 Å². The van der Waals surface area contributed by atoms with Crippen LogP contribution >= 0.6 is 0 Å². The molecule has 116 valence electrons. The lowest BCUT2D eigenvalue weighted by Crippen LogP contribution is -2.24. The summed E-state index contributed by atoms with van der Waals surface area (Å²) in [7, 11) is 0. The molecule has 23 heavy (non-hydrogen) atoms. The first-order chi connectivity index (χ1) is 11.1. The van der Waals surface area contributed by atoms with Gasteiger partial charge in [0, 0.05) is 11.8 Å². The van der Waals surface area contributed by atoms with Gasteiger partial charge in [-0.15, -0.1) is 0 Å². The average molecular weight is 306 g/mol. The number of hydrogen-bond donors (Lipinski definition) is 2. The van der Waals surface area contributed by atoms with Gasteiger partial charge in [-0.25, -0.2) is 5.10 Å². The van der Waals surface area contributed by atoms with Crippen LogP contribution in [0.3, 0.4) is 0 Å². The van der Waals surface area contributed by atoms with E-state index in [9.17, 15) is 4.79 Å². The van der Waals surface area contributed by atoms with E-state index < -0.39 is 6.04 Å². The van der Waals surface area contributed by atoms with E-state index in [0.717, 1.165) is 11.1 Å². The van der Waals surface area contributed by atoms with Crippen molar-refractivity contribution in [2.24, 2.45) is 5.73 Å². The lowest BCUT2D eigenvalue weighted by atomic mass is 9.97. The summed E-state index contributed by atoms with van der Waals surface area (Å²) in [6, 6.07) is 12.7. The van der Waals surface area contributed by atoms with Gasteiger partial charge in [-0.3, -0.25) is 9.78 Å². The molecule has 2 heterocycles. The van der Waals surface area contributed by atoms with E-state index in [1.807, 2.05) is 50.2 Å². The van der Waals surface area contributed by atoms with E-state index in [4.69, 9.17) is 5.73 Å². The Balaban J connectivity index is 2.05. The molecule has 0 bridgehead atoms. The smallest absolute Gasteiger partial charge is 0.269 e. The molecule has 3 rings (SSSR count). The highest BCUT2D eigenvalue weighted by atomic mass is 16.1. The number of aryl methyl sites for hydroxylation is 2. The fourth-order valence-electron chi connectivity index (χ4n) is 2.43. The molecule has 0 aliphatic rings. The second kappa shape index (κ2) is 6.14. The molecule has 1 unspecified atom stereocenters. The van der Waals surface area contributed by atoms with Crippen molar-refractivity contribution in [1.82, 2.24) is 15.2 Å². The molecule has 5 heteroatoms. The van der Waals surface area contributed by atoms with Gasteiger partial charge < -0.3 is 5.73 Å². The largest absolute Gasteiger partial charge is 0.320 e. The van der Waals surface area contributed by atoms with Crippen LogP contribution in [-0.4, -0.2) is 15.2 Å². The fraction of sp³-hybridized carbons (Fsp3) is 0.167. The molecule has 3 aromatic rings. The van der Waals surface area contributed by atoms with Crippen molar-refractivity contribution < 1.29 is 0 Å². The van der Waals surface area contributed by atoms with Crippen LogP contribution in [-0.2, 0) is 0 Å². The molecule has 1 aromatic carbocycles. The van der Waals surface area contributed by atoms with Crippen molar-refractivity contribution in [2.75, 3.05) is 0 Å². The van der Waals surface area contributed by atoms with Crippen LogP contribution < -0.4 is 11.3 Å². The summed E-state index contributed by atoms with van der Waals surface area (Å²) in [5.41, 5.74) is 11.0. The number of nitrogens with two attached hydrogens (primary N) is 1. The molecule has 0 saturated carbocycles. The Morgan fingerprint density at radius 2 is 1.87 bits per heavy atom. The third-order valence-corrected chi connectivity index (χ3v) is 3.98. The number of aromatic amines is 1. The maximum absolute atomic E-state index is 12.2. The van der Waals surface area contributed by atoms with Gasteiger partial charge in [-0.1, -0.05) is 24.3 Å². The Labute approximate surface area is 134 Å². The SMILES string of the molecule is Cc1ccc(C(N)c2cc(-c3ccccn3)n[nH]c2=O)cc1C. The molecular weight excluding hydrogens is 288 g/mol. The molecule has 3 N–H and O–H groups in total. The number of hydrogen-bond acceptors (Lipinski definition) is 4. The Hall–Kier alpha value is -2.79. The number of aromatic nitrogens is 3. The summed E-state index contributed by atoms with van der Waals surface area (Å²) >= 11 is 0. The number of rotatable bonds is 3. The molecule has 5 nitrogen and oxygen atoms in total. The van der Waals surface area contributed by atoms with Gasteiger partial charge in [0.1, 0.15) is 5.69 Å². The zero-order valence-electron chi connectivity index (χ0n) is 13.1. The second-order valence-corrected chi connectivity index (χ2v) is 5.57. The molecule has 0 aliphatic carbocycles. The van der Waals surface area contributed by atoms with Crippen LogP contribution in [0.15, 0.2) is 53.5 Å². The molecule has 0 radical (unpaired) electrons. The van der Waals surface area contributed by atoms with Gasteiger partial charge in [-0.2, -0.15) is 5.10 Å². The van der Waals surface area contributed by atoms with Gasteiger partial charge in [0.15, 0.2) is 0 Å². The second-order valence-electron chi connectivity index (χ2n) is 5.57. The van der Waals surface area contributed by atoms with Crippen LogP contribution in [0, 0.1) is 13.8 Å². The summed E-state index contributed by atoms with van der Waals surface area (Å²) < 4.78 is 0. The molecule has 1 atom stereocenters. The Kier molecular flexibility index (Phi) is 4.04. The summed E-state index contributed by atoms with van der Waals surface area (Å²) in [5, 5.41) is 6.58. The third-order valence-electron chi connectivity index (χ3n) is 3.98. The summed E-state index contributed by atoms with van der Waals surface area (Å²) in [4.78, 5) is 16.4. The maximum atomic E-state index is 12.2. The number of benzene rings is 1. The molecule has 0 aliphatic heterocycles. The van der Waals surface area contributed by atoms with E-state index in [0.29, 0.717) is 17.0 Å². The first kappa shape index (κ1) is 15.1. The Bertz CT molecular complexity index is 887. The Morgan fingerprint density at radius 3 is 2.57 bits per heavy atom. The van der Waals surface area contributed by atoms with E-state index in [-0.39, 0.29) is 5.56 Å². The predicted molar refractivity (Wildman–Crippen MR) is 90.0 cm³/mol. The summed E-state index contributed by atoms with van der Waals surface area (Å²) in [6.07, 6.45) is 1.69. The first-order valence-electron chi connectivity index (χ1n) is 7.40. The number of pyridine rings is 1. The predicted octanol–water partition coefficient (Wildman–Crippen LogP) is 2.50. The van der Waals surface area contributed by atoms with E-state index in [1.165, 1.54) is 5.56 Å². The molecule has 0 amide bonds. The van der Waals surface area contributed by atoms with Gasteiger partial charge in [0.05, 0.1) is 11.7 Å². The standard InChI is InChI=1S/C18H18N4O/c1-11-6-7-13(9-12(11)2)17(19)14-10-16(21-22-18(14)23)15-5-3-4-8-20-15/h3-10,17H,19H2,1-2H3,(H,22,23). The van der Waals surface area contributed by atoms with Crippen LogP contribution in [0.1, 0.15) is 28.3 Å². The minimum Gasteiger partial charge on any atom is -0.320 e. The lowest BCUT2D eigenvalue weighted by molar-refractivity contribution is 0.825. The molecule has 2 aromatic heterocycles.